The zero-order chi connectivity index (χ0) is 32.3. The molecular formula is C34H30F4N6O. The first-order valence-corrected chi connectivity index (χ1v) is 14.2. The van der Waals surface area contributed by atoms with Crippen molar-refractivity contribution < 1.29 is 22.4 Å². The van der Waals surface area contributed by atoms with Gasteiger partial charge in [-0.05, 0) is 61.9 Å². The SMILES string of the molecule is Cc1cc(CCN(C(=O)Cc2ccc(F)c(C(F)(F)F)c2)[C@H](C)c2nc(-c3ccccc3)cn2-c2ccc(C#N)cc2)n(C)n1. The van der Waals surface area contributed by atoms with Crippen LogP contribution in [0.1, 0.15) is 46.9 Å². The summed E-state index contributed by atoms with van der Waals surface area (Å²) in [5, 5.41) is 13.7. The minimum Gasteiger partial charge on any atom is -0.332 e. The van der Waals surface area contributed by atoms with Crippen molar-refractivity contribution >= 4 is 5.91 Å². The molecule has 0 bridgehead atoms. The monoisotopic (exact) mass is 614 g/mol. The molecule has 2 aromatic heterocycles. The van der Waals surface area contributed by atoms with E-state index in [0.717, 1.165) is 23.0 Å². The molecule has 7 nitrogen and oxygen atoms in total. The lowest BCUT2D eigenvalue weighted by atomic mass is 10.1. The molecule has 5 rings (SSSR count). The van der Waals surface area contributed by atoms with E-state index in [4.69, 9.17) is 4.98 Å². The van der Waals surface area contributed by atoms with Gasteiger partial charge in [0.2, 0.25) is 5.91 Å². The molecule has 230 valence electrons. The Morgan fingerprint density at radius 3 is 2.38 bits per heavy atom. The van der Waals surface area contributed by atoms with E-state index < -0.39 is 29.5 Å². The molecule has 0 aliphatic carbocycles. The third-order valence-corrected chi connectivity index (χ3v) is 7.64. The summed E-state index contributed by atoms with van der Waals surface area (Å²) in [5.74, 6) is -1.33. The summed E-state index contributed by atoms with van der Waals surface area (Å²) in [6, 6.07) is 22.5. The smallest absolute Gasteiger partial charge is 0.332 e. The van der Waals surface area contributed by atoms with Gasteiger partial charge in [-0.15, -0.1) is 0 Å². The Kier molecular flexibility index (Phi) is 8.86. The molecule has 0 saturated heterocycles. The molecule has 0 saturated carbocycles. The highest BCUT2D eigenvalue weighted by molar-refractivity contribution is 5.79. The van der Waals surface area contributed by atoms with Crippen molar-refractivity contribution in [3.05, 3.63) is 125 Å². The number of nitriles is 1. The number of hydrogen-bond acceptors (Lipinski definition) is 4. The molecule has 0 aliphatic heterocycles. The summed E-state index contributed by atoms with van der Waals surface area (Å²) in [6.07, 6.45) is -2.99. The molecular weight excluding hydrogens is 584 g/mol. The summed E-state index contributed by atoms with van der Waals surface area (Å²) in [4.78, 5) is 20.5. The first-order chi connectivity index (χ1) is 21.4. The van der Waals surface area contributed by atoms with E-state index >= 15 is 0 Å². The predicted octanol–water partition coefficient (Wildman–Crippen LogP) is 6.99. The molecule has 0 radical (unpaired) electrons. The van der Waals surface area contributed by atoms with Crippen LogP contribution in [0.25, 0.3) is 16.9 Å². The van der Waals surface area contributed by atoms with Gasteiger partial charge in [-0.25, -0.2) is 9.37 Å². The highest BCUT2D eigenvalue weighted by Gasteiger charge is 2.35. The molecule has 0 aliphatic rings. The number of aryl methyl sites for hydroxylation is 2. The summed E-state index contributed by atoms with van der Waals surface area (Å²) in [7, 11) is 1.80. The highest BCUT2D eigenvalue weighted by atomic mass is 19.4. The first kappa shape index (κ1) is 31.2. The fraction of sp³-hybridized carbons (Fsp3) is 0.235. The lowest BCUT2D eigenvalue weighted by molar-refractivity contribution is -0.140. The number of imidazole rings is 1. The van der Waals surface area contributed by atoms with Crippen molar-refractivity contribution in [3.63, 3.8) is 0 Å². The van der Waals surface area contributed by atoms with Crippen LogP contribution in [0.15, 0.2) is 85.1 Å². The van der Waals surface area contributed by atoms with E-state index in [1.807, 2.05) is 61.0 Å². The Morgan fingerprint density at radius 2 is 1.76 bits per heavy atom. The van der Waals surface area contributed by atoms with Crippen LogP contribution in [-0.2, 0) is 30.9 Å². The zero-order valence-electron chi connectivity index (χ0n) is 24.9. The molecule has 5 aromatic rings. The molecule has 11 heteroatoms. The maximum atomic E-state index is 14.0. The maximum Gasteiger partial charge on any atom is 0.419 e. The zero-order valence-corrected chi connectivity index (χ0v) is 24.9. The predicted molar refractivity (Wildman–Crippen MR) is 161 cm³/mol. The minimum absolute atomic E-state index is 0.0442. The van der Waals surface area contributed by atoms with Crippen molar-refractivity contribution in [2.24, 2.45) is 7.05 Å². The number of hydrogen-bond donors (Lipinski definition) is 0. The van der Waals surface area contributed by atoms with Crippen molar-refractivity contribution in [2.45, 2.75) is 38.9 Å². The third-order valence-electron chi connectivity index (χ3n) is 7.64. The Morgan fingerprint density at radius 1 is 1.04 bits per heavy atom. The van der Waals surface area contributed by atoms with Crippen LogP contribution >= 0.6 is 0 Å². The van der Waals surface area contributed by atoms with E-state index in [-0.39, 0.29) is 18.5 Å². The molecule has 45 heavy (non-hydrogen) atoms. The van der Waals surface area contributed by atoms with Gasteiger partial charge >= 0.3 is 6.18 Å². The molecule has 1 amide bonds. The van der Waals surface area contributed by atoms with Crippen LogP contribution < -0.4 is 0 Å². The Labute approximate surface area is 258 Å². The van der Waals surface area contributed by atoms with Crippen LogP contribution in [0.5, 0.6) is 0 Å². The fourth-order valence-electron chi connectivity index (χ4n) is 5.32. The number of carbonyl (C=O) groups excluding carboxylic acids is 1. The fourth-order valence-corrected chi connectivity index (χ4v) is 5.32. The van der Waals surface area contributed by atoms with Crippen molar-refractivity contribution in [1.29, 1.82) is 5.26 Å². The van der Waals surface area contributed by atoms with Crippen LogP contribution in [0.4, 0.5) is 17.6 Å². The van der Waals surface area contributed by atoms with Gasteiger partial charge in [0.05, 0.1) is 41.0 Å². The van der Waals surface area contributed by atoms with Crippen LogP contribution in [0, 0.1) is 24.1 Å². The number of benzene rings is 3. The quantitative estimate of drug-likeness (QED) is 0.168. The van der Waals surface area contributed by atoms with Gasteiger partial charge in [0.1, 0.15) is 11.6 Å². The number of rotatable bonds is 9. The second-order valence-electron chi connectivity index (χ2n) is 10.8. The standard InChI is InChI=1S/C34H30F4N6O/c1-22-17-28(42(3)41-22)15-16-43(32(45)19-25-11-14-30(35)29(18-25)34(36,37)38)23(2)33-40-31(26-7-5-4-6-8-26)21-44(33)27-12-9-24(20-39)10-13-27/h4-14,17-18,21,23H,15-16,19H2,1-3H3/t23-/m1/s1. The summed E-state index contributed by atoms with van der Waals surface area (Å²) >= 11 is 0. The lowest BCUT2D eigenvalue weighted by Crippen LogP contribution is -2.37. The Balaban J connectivity index is 1.55. The van der Waals surface area contributed by atoms with Crippen molar-refractivity contribution in [2.75, 3.05) is 6.54 Å². The van der Waals surface area contributed by atoms with Gasteiger partial charge in [-0.3, -0.25) is 9.48 Å². The van der Waals surface area contributed by atoms with Gasteiger partial charge in [-0.1, -0.05) is 36.4 Å². The van der Waals surface area contributed by atoms with Crippen LogP contribution in [-0.4, -0.2) is 36.7 Å². The number of carbonyl (C=O) groups is 1. The van der Waals surface area contributed by atoms with E-state index in [1.54, 1.807) is 40.9 Å². The van der Waals surface area contributed by atoms with E-state index in [2.05, 4.69) is 11.2 Å². The van der Waals surface area contributed by atoms with Gasteiger partial charge in [-0.2, -0.15) is 23.5 Å². The summed E-state index contributed by atoms with van der Waals surface area (Å²) < 4.78 is 57.9. The van der Waals surface area contributed by atoms with Gasteiger partial charge in [0, 0.05) is 43.2 Å². The minimum atomic E-state index is -4.90. The normalized spacial score (nSPS) is 12.1. The third kappa shape index (κ3) is 6.96. The Hall–Kier alpha value is -5.24. The van der Waals surface area contributed by atoms with Gasteiger partial charge in [0.15, 0.2) is 0 Å². The first-order valence-electron chi connectivity index (χ1n) is 14.2. The number of aromatic nitrogens is 4. The molecule has 0 fully saturated rings. The molecule has 0 N–H and O–H groups in total. The van der Waals surface area contributed by atoms with Crippen LogP contribution in [0.3, 0.4) is 0 Å². The van der Waals surface area contributed by atoms with Crippen molar-refractivity contribution in [3.8, 4) is 23.0 Å². The summed E-state index contributed by atoms with van der Waals surface area (Å²) in [6.45, 7) is 3.89. The molecule has 2 heterocycles. The van der Waals surface area contributed by atoms with Gasteiger partial charge in [0.25, 0.3) is 0 Å². The number of alkyl halides is 3. The van der Waals surface area contributed by atoms with E-state index in [9.17, 15) is 27.6 Å². The molecule has 0 unspecified atom stereocenters. The molecule has 0 spiro atoms. The Bertz CT molecular complexity index is 1850. The average Bonchev–Trinajstić information content (AvgIpc) is 3.60. The number of halogens is 4. The molecule has 1 atom stereocenters. The van der Waals surface area contributed by atoms with E-state index in [0.29, 0.717) is 35.3 Å². The number of amides is 1. The van der Waals surface area contributed by atoms with Crippen LogP contribution in [0.2, 0.25) is 0 Å². The highest BCUT2D eigenvalue weighted by Crippen LogP contribution is 2.33. The van der Waals surface area contributed by atoms with Gasteiger partial charge < -0.3 is 9.47 Å². The number of nitrogens with zero attached hydrogens (tertiary/aromatic N) is 6. The largest absolute Gasteiger partial charge is 0.419 e. The van der Waals surface area contributed by atoms with Crippen molar-refractivity contribution in [1.82, 2.24) is 24.2 Å². The maximum absolute atomic E-state index is 14.0. The second kappa shape index (κ2) is 12.8. The average molecular weight is 615 g/mol. The molecule has 3 aromatic carbocycles. The second-order valence-corrected chi connectivity index (χ2v) is 10.8. The van der Waals surface area contributed by atoms with E-state index in [1.165, 1.54) is 6.07 Å². The summed E-state index contributed by atoms with van der Waals surface area (Å²) in [5.41, 5.74) is 3.03. The lowest BCUT2D eigenvalue weighted by Gasteiger charge is -2.30. The topological polar surface area (TPSA) is 79.7 Å².